The van der Waals surface area contributed by atoms with Crippen molar-refractivity contribution in [2.24, 2.45) is 0 Å². The fourth-order valence-electron chi connectivity index (χ4n) is 2.00. The van der Waals surface area contributed by atoms with Crippen molar-refractivity contribution in [3.63, 3.8) is 0 Å². The van der Waals surface area contributed by atoms with Crippen LogP contribution in [0.5, 0.6) is 11.6 Å². The second-order valence-corrected chi connectivity index (χ2v) is 5.35. The molecule has 0 radical (unpaired) electrons. The Kier molecular flexibility index (Phi) is 5.92. The summed E-state index contributed by atoms with van der Waals surface area (Å²) in [4.78, 5) is 8.82. The van der Waals surface area contributed by atoms with Crippen LogP contribution in [0.2, 0.25) is 0 Å². The van der Waals surface area contributed by atoms with Crippen molar-refractivity contribution in [1.82, 2.24) is 9.97 Å². The standard InChI is InChI=1S/C19H22N2O2/c1-14(2)5-6-15-7-8-17(21-19(15)23-4)10-9-16-11-12-18(22-3)13-20-16/h5,7-13H,6H2,1-4H3/b10-9-. The monoisotopic (exact) mass is 310 g/mol. The van der Waals surface area contributed by atoms with Gasteiger partial charge in [0.05, 0.1) is 31.8 Å². The van der Waals surface area contributed by atoms with E-state index in [1.807, 2.05) is 36.4 Å². The van der Waals surface area contributed by atoms with E-state index in [2.05, 4.69) is 29.9 Å². The Morgan fingerprint density at radius 3 is 2.35 bits per heavy atom. The normalized spacial score (nSPS) is 10.6. The van der Waals surface area contributed by atoms with Gasteiger partial charge in [-0.2, -0.15) is 0 Å². The molecule has 2 aromatic rings. The van der Waals surface area contributed by atoms with Gasteiger partial charge in [0.15, 0.2) is 0 Å². The predicted octanol–water partition coefficient (Wildman–Crippen LogP) is 4.17. The molecule has 0 fully saturated rings. The smallest absolute Gasteiger partial charge is 0.217 e. The van der Waals surface area contributed by atoms with E-state index in [0.29, 0.717) is 5.88 Å². The molecule has 2 heterocycles. The lowest BCUT2D eigenvalue weighted by molar-refractivity contribution is 0.393. The first-order valence-electron chi connectivity index (χ1n) is 7.47. The van der Waals surface area contributed by atoms with Crippen LogP contribution in [0.25, 0.3) is 12.2 Å². The lowest BCUT2D eigenvalue weighted by atomic mass is 10.1. The molecule has 0 saturated heterocycles. The molecule has 4 nitrogen and oxygen atoms in total. The second kappa shape index (κ2) is 8.13. The number of hydrogen-bond donors (Lipinski definition) is 0. The van der Waals surface area contributed by atoms with E-state index in [1.54, 1.807) is 20.4 Å². The van der Waals surface area contributed by atoms with Crippen molar-refractivity contribution in [3.05, 3.63) is 59.1 Å². The SMILES string of the molecule is COc1ccc(/C=C\c2ccc(CC=C(C)C)c(OC)n2)nc1. The lowest BCUT2D eigenvalue weighted by Gasteiger charge is -2.06. The number of methoxy groups -OCH3 is 2. The lowest BCUT2D eigenvalue weighted by Crippen LogP contribution is -1.96. The Hall–Kier alpha value is -2.62. The molecule has 0 aromatic carbocycles. The first kappa shape index (κ1) is 16.7. The van der Waals surface area contributed by atoms with Crippen LogP contribution >= 0.6 is 0 Å². The Labute approximate surface area is 137 Å². The van der Waals surface area contributed by atoms with Crippen LogP contribution in [0.1, 0.15) is 30.8 Å². The molecule has 2 rings (SSSR count). The van der Waals surface area contributed by atoms with E-state index in [1.165, 1.54) is 5.57 Å². The van der Waals surface area contributed by atoms with Gasteiger partial charge in [-0.25, -0.2) is 4.98 Å². The Morgan fingerprint density at radius 2 is 1.74 bits per heavy atom. The number of ether oxygens (including phenoxy) is 2. The van der Waals surface area contributed by atoms with Crippen LogP contribution in [-0.2, 0) is 6.42 Å². The number of allylic oxidation sites excluding steroid dienone is 2. The van der Waals surface area contributed by atoms with Crippen LogP contribution in [0.15, 0.2) is 42.1 Å². The van der Waals surface area contributed by atoms with Gasteiger partial charge in [0.1, 0.15) is 5.75 Å². The van der Waals surface area contributed by atoms with Crippen molar-refractivity contribution in [1.29, 1.82) is 0 Å². The fourth-order valence-corrected chi connectivity index (χ4v) is 2.00. The number of hydrogen-bond acceptors (Lipinski definition) is 4. The molecule has 0 unspecified atom stereocenters. The molecule has 23 heavy (non-hydrogen) atoms. The van der Waals surface area contributed by atoms with Crippen molar-refractivity contribution in [3.8, 4) is 11.6 Å². The van der Waals surface area contributed by atoms with Crippen LogP contribution in [0.4, 0.5) is 0 Å². The predicted molar refractivity (Wildman–Crippen MR) is 93.6 cm³/mol. The summed E-state index contributed by atoms with van der Waals surface area (Å²) in [5.41, 5.74) is 4.04. The molecule has 0 amide bonds. The van der Waals surface area contributed by atoms with E-state index in [-0.39, 0.29) is 0 Å². The summed E-state index contributed by atoms with van der Waals surface area (Å²) >= 11 is 0. The van der Waals surface area contributed by atoms with Crippen molar-refractivity contribution < 1.29 is 9.47 Å². The molecule has 0 atom stereocenters. The van der Waals surface area contributed by atoms with Gasteiger partial charge >= 0.3 is 0 Å². The summed E-state index contributed by atoms with van der Waals surface area (Å²) in [6.07, 6.45) is 8.51. The third-order valence-electron chi connectivity index (χ3n) is 3.30. The van der Waals surface area contributed by atoms with E-state index in [4.69, 9.17) is 9.47 Å². The summed E-state index contributed by atoms with van der Waals surface area (Å²) < 4.78 is 10.5. The van der Waals surface area contributed by atoms with Gasteiger partial charge in [-0.3, -0.25) is 4.98 Å². The average Bonchev–Trinajstić information content (AvgIpc) is 2.58. The zero-order valence-corrected chi connectivity index (χ0v) is 14.0. The third-order valence-corrected chi connectivity index (χ3v) is 3.30. The number of aromatic nitrogens is 2. The summed E-state index contributed by atoms with van der Waals surface area (Å²) in [6.45, 7) is 4.16. The van der Waals surface area contributed by atoms with Crippen LogP contribution < -0.4 is 9.47 Å². The molecule has 0 aliphatic rings. The first-order valence-corrected chi connectivity index (χ1v) is 7.47. The maximum absolute atomic E-state index is 5.39. The minimum Gasteiger partial charge on any atom is -0.495 e. The largest absolute Gasteiger partial charge is 0.495 e. The molecule has 0 spiro atoms. The van der Waals surface area contributed by atoms with Gasteiger partial charge in [-0.1, -0.05) is 17.7 Å². The first-order chi connectivity index (χ1) is 11.1. The molecule has 2 aromatic heterocycles. The van der Waals surface area contributed by atoms with E-state index < -0.39 is 0 Å². The van der Waals surface area contributed by atoms with Gasteiger partial charge in [0, 0.05) is 5.56 Å². The quantitative estimate of drug-likeness (QED) is 0.751. The molecular formula is C19H22N2O2. The number of nitrogens with zero attached hydrogens (tertiary/aromatic N) is 2. The van der Waals surface area contributed by atoms with E-state index in [0.717, 1.165) is 29.1 Å². The highest BCUT2D eigenvalue weighted by Crippen LogP contribution is 2.19. The van der Waals surface area contributed by atoms with Crippen LogP contribution in [0, 0.1) is 0 Å². The molecule has 0 aliphatic heterocycles. The molecule has 120 valence electrons. The Morgan fingerprint density at radius 1 is 1.00 bits per heavy atom. The summed E-state index contributed by atoms with van der Waals surface area (Å²) in [7, 11) is 3.27. The van der Waals surface area contributed by atoms with Crippen LogP contribution in [0.3, 0.4) is 0 Å². The molecule has 0 bridgehead atoms. The highest BCUT2D eigenvalue weighted by Gasteiger charge is 2.04. The summed E-state index contributed by atoms with van der Waals surface area (Å²) in [5, 5.41) is 0. The van der Waals surface area contributed by atoms with Crippen molar-refractivity contribution >= 4 is 12.2 Å². The Bertz CT molecular complexity index is 700. The molecule has 0 saturated carbocycles. The van der Waals surface area contributed by atoms with E-state index >= 15 is 0 Å². The minimum atomic E-state index is 0.660. The van der Waals surface area contributed by atoms with Crippen molar-refractivity contribution in [2.45, 2.75) is 20.3 Å². The fraction of sp³-hybridized carbons (Fsp3) is 0.263. The van der Waals surface area contributed by atoms with Gasteiger partial charge < -0.3 is 9.47 Å². The van der Waals surface area contributed by atoms with Gasteiger partial charge in [-0.05, 0) is 50.6 Å². The van der Waals surface area contributed by atoms with E-state index in [9.17, 15) is 0 Å². The summed E-state index contributed by atoms with van der Waals surface area (Å²) in [5.74, 6) is 1.40. The molecule has 0 N–H and O–H groups in total. The minimum absolute atomic E-state index is 0.660. The maximum atomic E-state index is 5.39. The zero-order chi connectivity index (χ0) is 16.7. The Balaban J connectivity index is 2.16. The second-order valence-electron chi connectivity index (χ2n) is 5.35. The number of rotatable bonds is 6. The molecular weight excluding hydrogens is 288 g/mol. The highest BCUT2D eigenvalue weighted by molar-refractivity contribution is 5.66. The summed E-state index contributed by atoms with van der Waals surface area (Å²) in [6, 6.07) is 7.81. The third kappa shape index (κ3) is 4.95. The molecule has 0 aliphatic carbocycles. The number of pyridine rings is 2. The van der Waals surface area contributed by atoms with Crippen molar-refractivity contribution in [2.75, 3.05) is 14.2 Å². The van der Waals surface area contributed by atoms with Gasteiger partial charge in [-0.15, -0.1) is 0 Å². The zero-order valence-electron chi connectivity index (χ0n) is 14.0. The highest BCUT2D eigenvalue weighted by atomic mass is 16.5. The molecule has 4 heteroatoms. The topological polar surface area (TPSA) is 44.2 Å². The average molecular weight is 310 g/mol. The van der Waals surface area contributed by atoms with Gasteiger partial charge in [0.25, 0.3) is 0 Å². The van der Waals surface area contributed by atoms with Crippen LogP contribution in [-0.4, -0.2) is 24.2 Å². The van der Waals surface area contributed by atoms with Gasteiger partial charge in [0.2, 0.25) is 5.88 Å². The maximum Gasteiger partial charge on any atom is 0.217 e.